The normalized spacial score (nSPS) is 11.6. The number of halogens is 1. The summed E-state index contributed by atoms with van der Waals surface area (Å²) >= 11 is 6.27. The molecule has 0 atom stereocenters. The quantitative estimate of drug-likeness (QED) is 0.311. The second-order valence-corrected chi connectivity index (χ2v) is 9.88. The third-order valence-corrected chi connectivity index (χ3v) is 7.43. The monoisotopic (exact) mass is 498 g/mol. The third-order valence-electron chi connectivity index (χ3n) is 5.49. The molecule has 0 unspecified atom stereocenters. The summed E-state index contributed by atoms with van der Waals surface area (Å²) in [4.78, 5) is 14.7. The van der Waals surface area contributed by atoms with Crippen LogP contribution < -0.4 is 9.46 Å². The molecule has 3 N–H and O–H groups in total. The van der Waals surface area contributed by atoms with Gasteiger partial charge in [0.2, 0.25) is 10.0 Å². The lowest BCUT2D eigenvalue weighted by Crippen LogP contribution is -2.26. The van der Waals surface area contributed by atoms with Crippen molar-refractivity contribution in [3.8, 4) is 17.0 Å². The average Bonchev–Trinajstić information content (AvgIpc) is 3.17. The van der Waals surface area contributed by atoms with Gasteiger partial charge in [0.15, 0.2) is 0 Å². The zero-order chi connectivity index (χ0) is 24.3. The topological polar surface area (TPSA) is 108 Å². The van der Waals surface area contributed by atoms with Gasteiger partial charge in [-0.2, -0.15) is 0 Å². The highest BCUT2D eigenvalue weighted by atomic mass is 35.5. The molecule has 9 heteroatoms. The van der Waals surface area contributed by atoms with E-state index in [0.29, 0.717) is 29.0 Å². The lowest BCUT2D eigenvalue weighted by Gasteiger charge is -2.11. The highest BCUT2D eigenvalue weighted by Gasteiger charge is 2.21. The predicted octanol–water partition coefficient (Wildman–Crippen LogP) is 4.65. The Bertz CT molecular complexity index is 1460. The van der Waals surface area contributed by atoms with E-state index in [9.17, 15) is 18.3 Å². The Labute approximate surface area is 202 Å². The molecule has 0 aliphatic heterocycles. The van der Waals surface area contributed by atoms with Crippen LogP contribution in [-0.4, -0.2) is 38.1 Å². The van der Waals surface area contributed by atoms with Gasteiger partial charge in [0.25, 0.3) is 0 Å². The standard InChI is InChI=1S/C25H23ClN2O5S/c1-33-18-6-4-5-16(13-18)11-12-27-34(31,32)23-14-17(9-10-21(23)26)25-20(15-24(29)30)19-7-2-3-8-22(19)28-25/h2-10,13-14,27-28H,11-12,15H2,1H3,(H,29,30). The summed E-state index contributed by atoms with van der Waals surface area (Å²) in [5.74, 6) is -0.279. The fourth-order valence-electron chi connectivity index (χ4n) is 3.88. The number of hydrogen-bond donors (Lipinski definition) is 3. The van der Waals surface area contributed by atoms with Gasteiger partial charge in [0.1, 0.15) is 10.6 Å². The molecule has 0 aliphatic rings. The molecule has 0 radical (unpaired) electrons. The maximum atomic E-state index is 13.1. The molecule has 0 bridgehead atoms. The Morgan fingerprint density at radius 3 is 2.65 bits per heavy atom. The summed E-state index contributed by atoms with van der Waals surface area (Å²) in [6, 6.07) is 19.4. The summed E-state index contributed by atoms with van der Waals surface area (Å²) in [6.07, 6.45) is 0.265. The molecular weight excluding hydrogens is 476 g/mol. The number of H-pyrrole nitrogens is 1. The minimum atomic E-state index is -3.92. The van der Waals surface area contributed by atoms with Crippen molar-refractivity contribution in [1.82, 2.24) is 9.71 Å². The second kappa shape index (κ2) is 9.89. The molecule has 3 aromatic carbocycles. The van der Waals surface area contributed by atoms with Crippen molar-refractivity contribution in [2.75, 3.05) is 13.7 Å². The summed E-state index contributed by atoms with van der Waals surface area (Å²) < 4.78 is 33.9. The van der Waals surface area contributed by atoms with Gasteiger partial charge >= 0.3 is 5.97 Å². The van der Waals surface area contributed by atoms with Crippen molar-refractivity contribution < 1.29 is 23.1 Å². The zero-order valence-corrected chi connectivity index (χ0v) is 19.9. The molecule has 176 valence electrons. The number of methoxy groups -OCH3 is 1. The summed E-state index contributed by atoms with van der Waals surface area (Å²) in [6.45, 7) is 0.173. The van der Waals surface area contributed by atoms with Crippen molar-refractivity contribution in [3.05, 3.63) is 82.9 Å². The highest BCUT2D eigenvalue weighted by Crippen LogP contribution is 2.34. The number of carboxylic acids is 1. The first-order chi connectivity index (χ1) is 16.3. The molecule has 34 heavy (non-hydrogen) atoms. The number of nitrogens with one attached hydrogen (secondary N) is 2. The number of benzene rings is 3. The van der Waals surface area contributed by atoms with Crippen LogP contribution in [0.3, 0.4) is 0 Å². The minimum absolute atomic E-state index is 0.0720. The smallest absolute Gasteiger partial charge is 0.307 e. The molecule has 0 aliphatic carbocycles. The van der Waals surface area contributed by atoms with Gasteiger partial charge in [-0.05, 0) is 53.4 Å². The van der Waals surface area contributed by atoms with Crippen LogP contribution in [0.2, 0.25) is 5.02 Å². The van der Waals surface area contributed by atoms with Crippen LogP contribution in [0.25, 0.3) is 22.2 Å². The number of rotatable bonds is 9. The van der Waals surface area contributed by atoms with Crippen molar-refractivity contribution >= 4 is 38.5 Å². The van der Waals surface area contributed by atoms with Crippen molar-refractivity contribution in [2.45, 2.75) is 17.7 Å². The van der Waals surface area contributed by atoms with Crippen LogP contribution in [0.15, 0.2) is 71.6 Å². The van der Waals surface area contributed by atoms with Gasteiger partial charge in [-0.25, -0.2) is 13.1 Å². The number of carboxylic acid groups (broad SMARTS) is 1. The SMILES string of the molecule is COc1cccc(CCNS(=O)(=O)c2cc(-c3[nH]c4ccccc4c3CC(=O)O)ccc2Cl)c1. The first-order valence-corrected chi connectivity index (χ1v) is 12.4. The fourth-order valence-corrected chi connectivity index (χ4v) is 5.44. The number of hydrogen-bond acceptors (Lipinski definition) is 4. The van der Waals surface area contributed by atoms with E-state index in [2.05, 4.69) is 9.71 Å². The van der Waals surface area contributed by atoms with Crippen LogP contribution >= 0.6 is 11.6 Å². The lowest BCUT2D eigenvalue weighted by molar-refractivity contribution is -0.136. The minimum Gasteiger partial charge on any atom is -0.497 e. The highest BCUT2D eigenvalue weighted by molar-refractivity contribution is 7.89. The van der Waals surface area contributed by atoms with Gasteiger partial charge in [0.05, 0.1) is 24.2 Å². The summed E-state index contributed by atoms with van der Waals surface area (Å²) in [5.41, 5.74) is 3.36. The molecule has 0 spiro atoms. The number of aromatic amines is 1. The zero-order valence-electron chi connectivity index (χ0n) is 18.3. The Balaban J connectivity index is 1.64. The number of aliphatic carboxylic acids is 1. The van der Waals surface area contributed by atoms with E-state index >= 15 is 0 Å². The van der Waals surface area contributed by atoms with Gasteiger partial charge in [-0.15, -0.1) is 0 Å². The summed E-state index contributed by atoms with van der Waals surface area (Å²) in [5, 5.41) is 10.3. The third kappa shape index (κ3) is 5.09. The van der Waals surface area contributed by atoms with E-state index in [1.165, 1.54) is 12.1 Å². The number of fused-ring (bicyclic) bond motifs is 1. The predicted molar refractivity (Wildman–Crippen MR) is 132 cm³/mol. The number of ether oxygens (including phenoxy) is 1. The van der Waals surface area contributed by atoms with Gasteiger partial charge in [-0.1, -0.05) is 48.0 Å². The maximum absolute atomic E-state index is 13.1. The molecule has 0 amide bonds. The number of carbonyl (C=O) groups is 1. The van der Waals surface area contributed by atoms with Gasteiger partial charge in [-0.3, -0.25) is 4.79 Å². The number of para-hydroxylation sites is 1. The van der Waals surface area contributed by atoms with Gasteiger partial charge < -0.3 is 14.8 Å². The molecule has 0 saturated carbocycles. The average molecular weight is 499 g/mol. The second-order valence-electron chi connectivity index (χ2n) is 7.74. The van der Waals surface area contributed by atoms with Crippen LogP contribution in [0.1, 0.15) is 11.1 Å². The fraction of sp³-hybridized carbons (Fsp3) is 0.160. The first-order valence-electron chi connectivity index (χ1n) is 10.5. The van der Waals surface area contributed by atoms with Crippen molar-refractivity contribution in [2.24, 2.45) is 0 Å². The van der Waals surface area contributed by atoms with Crippen LogP contribution in [-0.2, 0) is 27.7 Å². The molecule has 1 heterocycles. The molecule has 4 aromatic rings. The van der Waals surface area contributed by atoms with E-state index < -0.39 is 16.0 Å². The Morgan fingerprint density at radius 1 is 1.09 bits per heavy atom. The molecule has 7 nitrogen and oxygen atoms in total. The molecular formula is C25H23ClN2O5S. The van der Waals surface area contributed by atoms with Crippen molar-refractivity contribution in [3.63, 3.8) is 0 Å². The lowest BCUT2D eigenvalue weighted by atomic mass is 10.0. The van der Waals surface area contributed by atoms with Crippen LogP contribution in [0, 0.1) is 0 Å². The van der Waals surface area contributed by atoms with E-state index in [1.54, 1.807) is 13.2 Å². The Kier molecular flexibility index (Phi) is 6.92. The molecule has 0 saturated heterocycles. The molecule has 0 fully saturated rings. The van der Waals surface area contributed by atoms with Crippen LogP contribution in [0.5, 0.6) is 5.75 Å². The van der Waals surface area contributed by atoms with Gasteiger partial charge in [0, 0.05) is 17.4 Å². The summed E-state index contributed by atoms with van der Waals surface area (Å²) in [7, 11) is -2.34. The Hall–Kier alpha value is -3.33. The number of sulfonamides is 1. The number of aromatic nitrogens is 1. The van der Waals surface area contributed by atoms with E-state index in [4.69, 9.17) is 16.3 Å². The Morgan fingerprint density at radius 2 is 1.88 bits per heavy atom. The van der Waals surface area contributed by atoms with E-state index in [-0.39, 0.29) is 22.9 Å². The molecule has 1 aromatic heterocycles. The van der Waals surface area contributed by atoms with Crippen molar-refractivity contribution in [1.29, 1.82) is 0 Å². The van der Waals surface area contributed by atoms with E-state index in [0.717, 1.165) is 16.5 Å². The maximum Gasteiger partial charge on any atom is 0.307 e. The largest absolute Gasteiger partial charge is 0.497 e. The van der Waals surface area contributed by atoms with E-state index in [1.807, 2.05) is 48.5 Å². The molecule has 4 rings (SSSR count). The van der Waals surface area contributed by atoms with Crippen LogP contribution in [0.4, 0.5) is 0 Å². The first kappa shape index (κ1) is 23.8.